The second-order valence-electron chi connectivity index (χ2n) is 14.2. The molecule has 0 spiro atoms. The molecule has 8 nitrogen and oxygen atoms in total. The number of carbonyl (C=O) groups excluding carboxylic acids is 2. The fraction of sp³-hybridized carbons (Fsp3) is 0.697. The zero-order valence-electron chi connectivity index (χ0n) is 27.2. The highest BCUT2D eigenvalue weighted by Crippen LogP contribution is 2.41. The lowest BCUT2D eigenvalue weighted by atomic mass is 9.82. The van der Waals surface area contributed by atoms with Gasteiger partial charge in [0.15, 0.2) is 5.11 Å². The third kappa shape index (κ3) is 7.57. The van der Waals surface area contributed by atoms with Crippen LogP contribution in [0.25, 0.3) is 0 Å². The number of rotatable bonds is 6. The molecule has 2 saturated heterocycles. The number of anilines is 1. The minimum atomic E-state index is -4.74. The highest BCUT2D eigenvalue weighted by atomic mass is 32.1. The third-order valence-electron chi connectivity index (χ3n) is 9.24. The summed E-state index contributed by atoms with van der Waals surface area (Å²) in [6.45, 7) is 13.8. The molecule has 1 aromatic rings. The Morgan fingerprint density at radius 2 is 1.69 bits per heavy atom. The van der Waals surface area contributed by atoms with Gasteiger partial charge in [0.2, 0.25) is 0 Å². The number of halogens is 3. The molecule has 12 heteroatoms. The second kappa shape index (κ2) is 13.1. The molecule has 1 aromatic carbocycles. The van der Waals surface area contributed by atoms with E-state index in [-0.39, 0.29) is 47.0 Å². The van der Waals surface area contributed by atoms with Crippen molar-refractivity contribution in [1.82, 2.24) is 9.80 Å². The Hall–Kier alpha value is -2.91. The largest absolute Gasteiger partial charge is 0.444 e. The predicted octanol–water partition coefficient (Wildman–Crippen LogP) is 7.43. The molecule has 45 heavy (non-hydrogen) atoms. The van der Waals surface area contributed by atoms with E-state index in [9.17, 15) is 22.8 Å². The molecule has 248 valence electrons. The summed E-state index contributed by atoms with van der Waals surface area (Å²) in [5, 5.41) is 9.36. The van der Waals surface area contributed by atoms with Gasteiger partial charge in [-0.3, -0.25) is 9.69 Å². The first-order valence-corrected chi connectivity index (χ1v) is 16.2. The number of carbonyl (C=O) groups is 2. The summed E-state index contributed by atoms with van der Waals surface area (Å²) in [5.74, 6) is 0.0685. The van der Waals surface area contributed by atoms with E-state index in [0.717, 1.165) is 57.1 Å². The topological polar surface area (TPSA) is 86.1 Å². The number of nitriles is 1. The van der Waals surface area contributed by atoms with Crippen LogP contribution >= 0.6 is 12.2 Å². The lowest BCUT2D eigenvalue weighted by Crippen LogP contribution is -2.53. The molecule has 1 unspecified atom stereocenters. The minimum Gasteiger partial charge on any atom is -0.444 e. The van der Waals surface area contributed by atoms with Crippen molar-refractivity contribution in [1.29, 1.82) is 5.26 Å². The molecule has 0 N–H and O–H groups in total. The van der Waals surface area contributed by atoms with Crippen LogP contribution in [0.5, 0.6) is 0 Å². The molecular formula is C33H45F3N4O4S. The van der Waals surface area contributed by atoms with Gasteiger partial charge in [-0.25, -0.2) is 4.79 Å². The number of hydrogen-bond acceptors (Lipinski definition) is 6. The van der Waals surface area contributed by atoms with Crippen LogP contribution in [-0.2, 0) is 20.4 Å². The van der Waals surface area contributed by atoms with Crippen molar-refractivity contribution in [3.8, 4) is 6.07 Å². The number of ether oxygens (including phenoxy) is 2. The van der Waals surface area contributed by atoms with E-state index in [1.165, 1.54) is 11.0 Å². The van der Waals surface area contributed by atoms with Crippen molar-refractivity contribution in [2.45, 2.75) is 135 Å². The van der Waals surface area contributed by atoms with Gasteiger partial charge in [-0.15, -0.1) is 0 Å². The summed E-state index contributed by atoms with van der Waals surface area (Å²) in [5.41, 5.74) is -3.14. The van der Waals surface area contributed by atoms with Gasteiger partial charge in [0.25, 0.3) is 5.91 Å². The van der Waals surface area contributed by atoms with Crippen molar-refractivity contribution < 1.29 is 32.2 Å². The highest BCUT2D eigenvalue weighted by Gasteiger charge is 2.52. The SMILES string of the molecule is C[C@@H]1CC(OCCC2CCC(N3C(=S)N(c4ccc(C#N)c(C(F)(F)F)c4)C(=O)C3(C)C)CC2)C[C@H](C)N1C(=O)OC(C)(C)C. The van der Waals surface area contributed by atoms with Gasteiger partial charge in [-0.05, 0) is 130 Å². The Bertz CT molecular complexity index is 1320. The van der Waals surface area contributed by atoms with Crippen LogP contribution in [0.4, 0.5) is 23.7 Å². The fourth-order valence-electron chi connectivity index (χ4n) is 7.08. The van der Waals surface area contributed by atoms with E-state index in [1.54, 1.807) is 19.9 Å². The van der Waals surface area contributed by atoms with E-state index < -0.39 is 28.4 Å². The van der Waals surface area contributed by atoms with E-state index in [0.29, 0.717) is 12.5 Å². The van der Waals surface area contributed by atoms with E-state index >= 15 is 0 Å². The van der Waals surface area contributed by atoms with Crippen LogP contribution in [0.2, 0.25) is 0 Å². The molecule has 3 aliphatic rings. The average molecular weight is 651 g/mol. The van der Waals surface area contributed by atoms with Crippen LogP contribution in [0, 0.1) is 17.2 Å². The monoisotopic (exact) mass is 650 g/mol. The Kier molecular flexibility index (Phi) is 10.2. The van der Waals surface area contributed by atoms with Crippen LogP contribution in [0.15, 0.2) is 18.2 Å². The third-order valence-corrected chi connectivity index (χ3v) is 9.62. The van der Waals surface area contributed by atoms with E-state index in [1.807, 2.05) is 44.4 Å². The molecule has 3 atom stereocenters. The molecular weight excluding hydrogens is 605 g/mol. The number of amides is 2. The van der Waals surface area contributed by atoms with Gasteiger partial charge in [0.1, 0.15) is 11.1 Å². The maximum absolute atomic E-state index is 13.6. The zero-order chi connectivity index (χ0) is 33.5. The van der Waals surface area contributed by atoms with Crippen molar-refractivity contribution in [3.63, 3.8) is 0 Å². The molecule has 0 bridgehead atoms. The van der Waals surface area contributed by atoms with Gasteiger partial charge in [0.05, 0.1) is 29.0 Å². The first kappa shape index (κ1) is 35.0. The Balaban J connectivity index is 1.31. The van der Waals surface area contributed by atoms with Crippen LogP contribution in [0.1, 0.15) is 105 Å². The highest BCUT2D eigenvalue weighted by molar-refractivity contribution is 7.80. The van der Waals surface area contributed by atoms with Crippen molar-refractivity contribution >= 4 is 35.0 Å². The maximum atomic E-state index is 13.6. The first-order valence-electron chi connectivity index (χ1n) is 15.8. The summed E-state index contributed by atoms with van der Waals surface area (Å²) in [6.07, 6.45) is 0.932. The number of thiocarbonyl (C=S) groups is 1. The normalized spacial score (nSPS) is 27.5. The average Bonchev–Trinajstić information content (AvgIpc) is 3.09. The summed E-state index contributed by atoms with van der Waals surface area (Å²) in [6, 6.07) is 4.86. The number of benzene rings is 1. The van der Waals surface area contributed by atoms with E-state index in [4.69, 9.17) is 27.0 Å². The molecule has 3 fully saturated rings. The number of hydrogen-bond donors (Lipinski definition) is 0. The lowest BCUT2D eigenvalue weighted by Gasteiger charge is -2.43. The molecule has 2 aliphatic heterocycles. The molecule has 4 rings (SSSR count). The Labute approximate surface area is 269 Å². The molecule has 1 saturated carbocycles. The van der Waals surface area contributed by atoms with Crippen molar-refractivity contribution in [2.24, 2.45) is 5.92 Å². The van der Waals surface area contributed by atoms with Gasteiger partial charge in [-0.1, -0.05) is 0 Å². The molecule has 2 amide bonds. The Morgan fingerprint density at radius 1 is 1.09 bits per heavy atom. The van der Waals surface area contributed by atoms with Crippen LogP contribution in [0.3, 0.4) is 0 Å². The summed E-state index contributed by atoms with van der Waals surface area (Å²) >= 11 is 5.72. The molecule has 1 aliphatic carbocycles. The van der Waals surface area contributed by atoms with Crippen molar-refractivity contribution in [2.75, 3.05) is 11.5 Å². The summed E-state index contributed by atoms with van der Waals surface area (Å²) in [7, 11) is 0. The predicted molar refractivity (Wildman–Crippen MR) is 168 cm³/mol. The first-order chi connectivity index (χ1) is 20.8. The second-order valence-corrected chi connectivity index (χ2v) is 14.6. The standard InChI is InChI=1S/C33H45F3N4O4S/c1-20-16-26(17-21(2)38(20)30(42)44-31(3,4)5)43-15-14-22-8-11-24(12-9-22)40-29(45)39(28(41)32(40,6)7)25-13-10-23(19-37)27(18-25)33(34,35)36/h10,13,18,20-22,24,26H,8-9,11-12,14-17H2,1-7H3/t20-,21+,22?,24?,26?. The van der Waals surface area contributed by atoms with Gasteiger partial charge in [-0.2, -0.15) is 18.4 Å². The van der Waals surface area contributed by atoms with Gasteiger partial charge in [0, 0.05) is 24.7 Å². The number of alkyl halides is 3. The fourth-order valence-corrected chi connectivity index (χ4v) is 7.64. The molecule has 2 heterocycles. The van der Waals surface area contributed by atoms with E-state index in [2.05, 4.69) is 0 Å². The number of nitrogens with zero attached hydrogens (tertiary/aromatic N) is 4. The van der Waals surface area contributed by atoms with Crippen molar-refractivity contribution in [3.05, 3.63) is 29.3 Å². The number of likely N-dealkylation sites (tertiary alicyclic amines) is 1. The summed E-state index contributed by atoms with van der Waals surface area (Å²) < 4.78 is 52.8. The quantitative estimate of drug-likeness (QED) is 0.296. The maximum Gasteiger partial charge on any atom is 0.417 e. The number of piperidine rings is 1. The van der Waals surface area contributed by atoms with Crippen LogP contribution in [-0.4, -0.2) is 68.9 Å². The summed E-state index contributed by atoms with van der Waals surface area (Å²) in [4.78, 5) is 31.1. The van der Waals surface area contributed by atoms with Gasteiger partial charge >= 0.3 is 12.3 Å². The smallest absolute Gasteiger partial charge is 0.417 e. The lowest BCUT2D eigenvalue weighted by molar-refractivity contribution is -0.137. The Morgan fingerprint density at radius 3 is 2.22 bits per heavy atom. The van der Waals surface area contributed by atoms with Crippen LogP contribution < -0.4 is 4.90 Å². The molecule has 0 aromatic heterocycles. The minimum absolute atomic E-state index is 0.0123. The zero-order valence-corrected chi connectivity index (χ0v) is 28.1. The molecule has 0 radical (unpaired) electrons. The van der Waals surface area contributed by atoms with Gasteiger partial charge < -0.3 is 19.3 Å².